The van der Waals surface area contributed by atoms with E-state index in [1.807, 2.05) is 4.90 Å². The van der Waals surface area contributed by atoms with Crippen LogP contribution in [0.5, 0.6) is 0 Å². The van der Waals surface area contributed by atoms with Gasteiger partial charge < -0.3 is 10.2 Å². The van der Waals surface area contributed by atoms with Crippen LogP contribution in [0, 0.1) is 12.8 Å². The van der Waals surface area contributed by atoms with Crippen LogP contribution in [-0.2, 0) is 0 Å². The predicted octanol–water partition coefficient (Wildman–Crippen LogP) is 2.78. The summed E-state index contributed by atoms with van der Waals surface area (Å²) >= 11 is 6.98. The molecule has 1 aromatic carbocycles. The van der Waals surface area contributed by atoms with Gasteiger partial charge in [-0.15, -0.1) is 5.10 Å². The van der Waals surface area contributed by atoms with Crippen LogP contribution in [0.1, 0.15) is 38.6 Å². The Balaban J connectivity index is 1.46. The number of amides is 2. The second-order valence-corrected chi connectivity index (χ2v) is 7.33. The number of halogens is 1. The van der Waals surface area contributed by atoms with Gasteiger partial charge in [0.1, 0.15) is 4.88 Å². The Bertz CT molecular complexity index is 754. The maximum Gasteiger partial charge on any atom is 0.267 e. The van der Waals surface area contributed by atoms with Crippen LogP contribution in [-0.4, -0.2) is 45.9 Å². The minimum atomic E-state index is -0.0958. The van der Waals surface area contributed by atoms with E-state index in [2.05, 4.69) is 14.9 Å². The minimum absolute atomic E-state index is 0.0103. The summed E-state index contributed by atoms with van der Waals surface area (Å²) in [6.07, 6.45) is 1.75. The van der Waals surface area contributed by atoms with Gasteiger partial charge in [0.15, 0.2) is 0 Å². The van der Waals surface area contributed by atoms with Crippen LogP contribution >= 0.6 is 23.1 Å². The number of aromatic nitrogens is 2. The van der Waals surface area contributed by atoms with E-state index in [-0.39, 0.29) is 11.8 Å². The number of rotatable bonds is 4. The van der Waals surface area contributed by atoms with Gasteiger partial charge in [0.25, 0.3) is 11.8 Å². The molecule has 1 fully saturated rings. The molecule has 2 aromatic rings. The molecule has 1 aliphatic rings. The molecule has 0 spiro atoms. The van der Waals surface area contributed by atoms with Crippen LogP contribution < -0.4 is 5.32 Å². The number of carbonyl (C=O) groups excluding carboxylic acids is 2. The van der Waals surface area contributed by atoms with Crippen LogP contribution in [0.4, 0.5) is 0 Å². The first-order valence-corrected chi connectivity index (χ1v) is 9.31. The van der Waals surface area contributed by atoms with Crippen molar-refractivity contribution in [1.29, 1.82) is 0 Å². The van der Waals surface area contributed by atoms with Gasteiger partial charge in [0.2, 0.25) is 0 Å². The number of piperidine rings is 1. The van der Waals surface area contributed by atoms with E-state index < -0.39 is 0 Å². The molecule has 1 aromatic heterocycles. The molecule has 0 radical (unpaired) electrons. The van der Waals surface area contributed by atoms with Crippen molar-refractivity contribution in [2.45, 2.75) is 19.8 Å². The summed E-state index contributed by atoms with van der Waals surface area (Å²) in [5, 5.41) is 7.47. The molecule has 1 aliphatic heterocycles. The van der Waals surface area contributed by atoms with Gasteiger partial charge in [0, 0.05) is 30.2 Å². The van der Waals surface area contributed by atoms with E-state index in [0.717, 1.165) is 24.4 Å². The zero-order chi connectivity index (χ0) is 17.8. The van der Waals surface area contributed by atoms with Crippen LogP contribution in [0.25, 0.3) is 0 Å². The average Bonchev–Trinajstić information content (AvgIpc) is 3.06. The molecule has 8 heteroatoms. The van der Waals surface area contributed by atoms with Crippen LogP contribution in [0.15, 0.2) is 24.3 Å². The van der Waals surface area contributed by atoms with Crippen LogP contribution in [0.2, 0.25) is 5.02 Å². The Kier molecular flexibility index (Phi) is 5.65. The second kappa shape index (κ2) is 7.93. The number of hydrogen-bond acceptors (Lipinski definition) is 5. The van der Waals surface area contributed by atoms with Gasteiger partial charge in [-0.25, -0.2) is 0 Å². The zero-order valence-electron chi connectivity index (χ0n) is 13.9. The Morgan fingerprint density at radius 3 is 2.56 bits per heavy atom. The fourth-order valence-corrected chi connectivity index (χ4v) is 3.60. The summed E-state index contributed by atoms with van der Waals surface area (Å²) < 4.78 is 3.82. The number of aryl methyl sites for hydroxylation is 1. The number of nitrogens with one attached hydrogen (secondary N) is 1. The summed E-state index contributed by atoms with van der Waals surface area (Å²) in [6.45, 7) is 3.80. The Labute approximate surface area is 155 Å². The highest BCUT2D eigenvalue weighted by molar-refractivity contribution is 7.07. The summed E-state index contributed by atoms with van der Waals surface area (Å²) in [6, 6.07) is 6.84. The van der Waals surface area contributed by atoms with E-state index in [0.29, 0.717) is 46.7 Å². The first-order valence-electron chi connectivity index (χ1n) is 8.16. The minimum Gasteiger partial charge on any atom is -0.352 e. The molecule has 0 saturated carbocycles. The lowest BCUT2D eigenvalue weighted by atomic mass is 9.96. The lowest BCUT2D eigenvalue weighted by molar-refractivity contribution is 0.0688. The van der Waals surface area contributed by atoms with Crippen LogP contribution in [0.3, 0.4) is 0 Å². The van der Waals surface area contributed by atoms with Crippen molar-refractivity contribution < 1.29 is 9.59 Å². The smallest absolute Gasteiger partial charge is 0.267 e. The number of benzene rings is 1. The molecule has 132 valence electrons. The largest absolute Gasteiger partial charge is 0.352 e. The lowest BCUT2D eigenvalue weighted by Gasteiger charge is -2.31. The van der Waals surface area contributed by atoms with Gasteiger partial charge in [-0.2, -0.15) is 0 Å². The molecule has 1 saturated heterocycles. The summed E-state index contributed by atoms with van der Waals surface area (Å²) in [5.41, 5.74) is 1.29. The third kappa shape index (κ3) is 4.35. The van der Waals surface area contributed by atoms with E-state index in [4.69, 9.17) is 11.6 Å². The second-order valence-electron chi connectivity index (χ2n) is 6.14. The highest BCUT2D eigenvalue weighted by Crippen LogP contribution is 2.20. The zero-order valence-corrected chi connectivity index (χ0v) is 15.4. The molecule has 0 bridgehead atoms. The summed E-state index contributed by atoms with van der Waals surface area (Å²) in [7, 11) is 0. The Hall–Kier alpha value is -1.99. The fourth-order valence-electron chi connectivity index (χ4n) is 2.85. The number of hydrogen-bond donors (Lipinski definition) is 1. The maximum absolute atomic E-state index is 12.4. The molecule has 0 unspecified atom stereocenters. The highest BCUT2D eigenvalue weighted by atomic mass is 35.5. The van der Waals surface area contributed by atoms with Crippen molar-refractivity contribution in [3.05, 3.63) is 45.4 Å². The highest BCUT2D eigenvalue weighted by Gasteiger charge is 2.26. The van der Waals surface area contributed by atoms with Gasteiger partial charge in [-0.3, -0.25) is 9.59 Å². The van der Waals surface area contributed by atoms with Crippen molar-refractivity contribution >= 4 is 34.9 Å². The molecule has 3 rings (SSSR count). The third-order valence-electron chi connectivity index (χ3n) is 4.41. The van der Waals surface area contributed by atoms with Crippen molar-refractivity contribution in [2.24, 2.45) is 5.92 Å². The third-order valence-corrected chi connectivity index (χ3v) is 5.47. The standard InChI is InChI=1S/C17H19ClN4O2S/c1-11-15(25-21-20-11)17(24)22-8-6-12(7-9-22)10-19-16(23)13-2-4-14(18)5-3-13/h2-5,12H,6-10H2,1H3,(H,19,23). The SMILES string of the molecule is Cc1nnsc1C(=O)N1CCC(CNC(=O)c2ccc(Cl)cc2)CC1. The van der Waals surface area contributed by atoms with Crippen molar-refractivity contribution in [3.63, 3.8) is 0 Å². The number of nitrogens with zero attached hydrogens (tertiary/aromatic N) is 3. The summed E-state index contributed by atoms with van der Waals surface area (Å²) in [5.74, 6) is 0.290. The number of likely N-dealkylation sites (tertiary alicyclic amines) is 1. The normalized spacial score (nSPS) is 15.2. The Morgan fingerprint density at radius 2 is 1.96 bits per heavy atom. The monoisotopic (exact) mass is 378 g/mol. The first kappa shape index (κ1) is 17.8. The van der Waals surface area contributed by atoms with Gasteiger partial charge >= 0.3 is 0 Å². The van der Waals surface area contributed by atoms with E-state index >= 15 is 0 Å². The molecule has 0 atom stereocenters. The summed E-state index contributed by atoms with van der Waals surface area (Å²) in [4.78, 5) is 27.0. The molecular formula is C17H19ClN4O2S. The van der Waals surface area contributed by atoms with Crippen molar-refractivity contribution in [1.82, 2.24) is 19.8 Å². The maximum atomic E-state index is 12.4. The van der Waals surface area contributed by atoms with Crippen molar-refractivity contribution in [3.8, 4) is 0 Å². The number of carbonyl (C=O) groups is 2. The molecule has 6 nitrogen and oxygen atoms in total. The van der Waals surface area contributed by atoms with E-state index in [1.54, 1.807) is 31.2 Å². The Morgan fingerprint density at radius 1 is 1.28 bits per heavy atom. The molecule has 2 heterocycles. The van der Waals surface area contributed by atoms with Crippen molar-refractivity contribution in [2.75, 3.05) is 19.6 Å². The van der Waals surface area contributed by atoms with E-state index in [9.17, 15) is 9.59 Å². The predicted molar refractivity (Wildman–Crippen MR) is 97.1 cm³/mol. The lowest BCUT2D eigenvalue weighted by Crippen LogP contribution is -2.41. The molecule has 25 heavy (non-hydrogen) atoms. The first-order chi connectivity index (χ1) is 12.0. The fraction of sp³-hybridized carbons (Fsp3) is 0.412. The van der Waals surface area contributed by atoms with Gasteiger partial charge in [-0.1, -0.05) is 16.1 Å². The topological polar surface area (TPSA) is 75.2 Å². The quantitative estimate of drug-likeness (QED) is 0.887. The average molecular weight is 379 g/mol. The molecule has 2 amide bonds. The van der Waals surface area contributed by atoms with E-state index in [1.165, 1.54) is 0 Å². The van der Waals surface area contributed by atoms with Gasteiger partial charge in [0.05, 0.1) is 5.69 Å². The molecule has 1 N–H and O–H groups in total. The van der Waals surface area contributed by atoms with Gasteiger partial charge in [-0.05, 0) is 61.5 Å². The molecule has 0 aliphatic carbocycles. The molecular weight excluding hydrogens is 360 g/mol.